The Bertz CT molecular complexity index is 1200. The van der Waals surface area contributed by atoms with Gasteiger partial charge in [-0.3, -0.25) is 4.79 Å². The van der Waals surface area contributed by atoms with Crippen molar-refractivity contribution in [2.45, 2.75) is 6.61 Å². The predicted octanol–water partition coefficient (Wildman–Crippen LogP) is 6.20. The number of thioether (sulfide) groups is 1. The van der Waals surface area contributed by atoms with Gasteiger partial charge in [0.15, 0.2) is 5.17 Å². The number of rotatable bonds is 5. The zero-order chi connectivity index (χ0) is 21.8. The minimum atomic E-state index is -0.348. The maximum absolute atomic E-state index is 13.7. The van der Waals surface area contributed by atoms with Crippen LogP contribution in [0, 0.1) is 11.6 Å². The van der Waals surface area contributed by atoms with Crippen molar-refractivity contribution in [3.63, 3.8) is 0 Å². The molecule has 1 fully saturated rings. The third kappa shape index (κ3) is 5.39. The summed E-state index contributed by atoms with van der Waals surface area (Å²) in [6.07, 6.45) is 1.73. The first-order valence-corrected chi connectivity index (χ1v) is 10.8. The molecule has 1 saturated heterocycles. The van der Waals surface area contributed by atoms with Crippen molar-refractivity contribution in [2.75, 3.05) is 0 Å². The molecule has 3 aromatic rings. The Kier molecular flexibility index (Phi) is 6.48. The lowest BCUT2D eigenvalue weighted by Gasteiger charge is -2.09. The molecule has 31 heavy (non-hydrogen) atoms. The van der Waals surface area contributed by atoms with Gasteiger partial charge < -0.3 is 10.1 Å². The highest BCUT2D eigenvalue weighted by Crippen LogP contribution is 2.31. The summed E-state index contributed by atoms with van der Waals surface area (Å²) in [5, 5.41) is 3.12. The summed E-state index contributed by atoms with van der Waals surface area (Å²) < 4.78 is 33.1. The van der Waals surface area contributed by atoms with E-state index in [2.05, 4.69) is 26.2 Å². The molecule has 4 nitrogen and oxygen atoms in total. The van der Waals surface area contributed by atoms with Crippen LogP contribution in [0.4, 0.5) is 14.5 Å². The molecular weight excluding hydrogens is 486 g/mol. The van der Waals surface area contributed by atoms with Gasteiger partial charge in [-0.15, -0.1) is 0 Å². The third-order valence-corrected chi connectivity index (χ3v) is 5.83. The second-order valence-electron chi connectivity index (χ2n) is 6.53. The lowest BCUT2D eigenvalue weighted by atomic mass is 10.2. The molecule has 1 aliphatic rings. The normalized spacial score (nSPS) is 16.0. The molecule has 0 atom stereocenters. The van der Waals surface area contributed by atoms with Crippen molar-refractivity contribution < 1.29 is 18.3 Å². The molecular formula is C23H15BrF2N2O2S. The number of nitrogens with zero attached hydrogens (tertiary/aromatic N) is 1. The number of hydrogen-bond acceptors (Lipinski definition) is 4. The topological polar surface area (TPSA) is 50.7 Å². The minimum Gasteiger partial charge on any atom is -0.488 e. The number of aliphatic imine (C=N–C) groups is 1. The van der Waals surface area contributed by atoms with Crippen LogP contribution in [0.5, 0.6) is 5.75 Å². The minimum absolute atomic E-state index is 0.104. The van der Waals surface area contributed by atoms with Crippen LogP contribution >= 0.6 is 27.7 Å². The first-order chi connectivity index (χ1) is 15.0. The highest BCUT2D eigenvalue weighted by molar-refractivity contribution is 9.10. The monoisotopic (exact) mass is 500 g/mol. The first kappa shape index (κ1) is 21.3. The largest absolute Gasteiger partial charge is 0.488 e. The van der Waals surface area contributed by atoms with Crippen LogP contribution in [-0.4, -0.2) is 11.1 Å². The zero-order valence-corrected chi connectivity index (χ0v) is 18.3. The van der Waals surface area contributed by atoms with E-state index in [1.807, 2.05) is 6.07 Å². The second kappa shape index (κ2) is 9.45. The number of ether oxygens (including phenoxy) is 1. The van der Waals surface area contributed by atoms with E-state index < -0.39 is 0 Å². The maximum atomic E-state index is 13.7. The van der Waals surface area contributed by atoms with E-state index in [0.29, 0.717) is 31.5 Å². The molecule has 1 N–H and O–H groups in total. The maximum Gasteiger partial charge on any atom is 0.264 e. The second-order valence-corrected chi connectivity index (χ2v) is 8.41. The highest BCUT2D eigenvalue weighted by Gasteiger charge is 2.24. The van der Waals surface area contributed by atoms with Crippen molar-refractivity contribution in [1.29, 1.82) is 0 Å². The molecule has 1 amide bonds. The highest BCUT2D eigenvalue weighted by atomic mass is 79.9. The Morgan fingerprint density at radius 1 is 1.06 bits per heavy atom. The van der Waals surface area contributed by atoms with Crippen molar-refractivity contribution in [1.82, 2.24) is 5.32 Å². The van der Waals surface area contributed by atoms with Crippen LogP contribution < -0.4 is 10.1 Å². The van der Waals surface area contributed by atoms with Gasteiger partial charge >= 0.3 is 0 Å². The van der Waals surface area contributed by atoms with Crippen molar-refractivity contribution in [3.05, 3.63) is 98.9 Å². The molecule has 8 heteroatoms. The molecule has 4 rings (SSSR count). The number of amides is 1. The van der Waals surface area contributed by atoms with Crippen LogP contribution in [0.3, 0.4) is 0 Å². The summed E-state index contributed by atoms with van der Waals surface area (Å²) in [5.74, 6) is -0.365. The van der Waals surface area contributed by atoms with Gasteiger partial charge in [0.1, 0.15) is 24.0 Å². The Morgan fingerprint density at radius 2 is 1.84 bits per heavy atom. The Morgan fingerprint density at radius 3 is 2.58 bits per heavy atom. The summed E-state index contributed by atoms with van der Waals surface area (Å²) in [6, 6.07) is 17.5. The summed E-state index contributed by atoms with van der Waals surface area (Å²) in [7, 11) is 0. The molecule has 156 valence electrons. The van der Waals surface area contributed by atoms with Crippen molar-refractivity contribution >= 4 is 50.5 Å². The smallest absolute Gasteiger partial charge is 0.264 e. The number of carbonyl (C=O) groups is 1. The van der Waals surface area contributed by atoms with Gasteiger partial charge in [0.25, 0.3) is 5.91 Å². The van der Waals surface area contributed by atoms with Crippen LogP contribution in [0.1, 0.15) is 11.1 Å². The van der Waals surface area contributed by atoms with Crippen LogP contribution in [0.25, 0.3) is 6.08 Å². The lowest BCUT2D eigenvalue weighted by Crippen LogP contribution is -2.19. The molecule has 0 spiro atoms. The van der Waals surface area contributed by atoms with Gasteiger partial charge in [-0.2, -0.15) is 0 Å². The van der Waals surface area contributed by atoms with E-state index in [0.717, 1.165) is 5.56 Å². The number of nitrogens with one attached hydrogen (secondary N) is 1. The number of carbonyl (C=O) groups excluding carboxylic acids is 1. The number of benzene rings is 3. The fourth-order valence-electron chi connectivity index (χ4n) is 2.76. The first-order valence-electron chi connectivity index (χ1n) is 9.19. The number of amidine groups is 1. The number of halogens is 3. The van der Waals surface area contributed by atoms with E-state index in [1.54, 1.807) is 36.4 Å². The average molecular weight is 501 g/mol. The Hall–Kier alpha value is -2.97. The molecule has 0 aliphatic carbocycles. The standard InChI is InChI=1S/C23H15BrF2N2O2S/c24-18-11-14(5-10-20(18)30-13-15-3-1-2-4-19(15)26)12-21-22(29)28-23(31-21)27-17-8-6-16(25)7-9-17/h1-12H,13H2,(H,27,28,29)/b21-12+. The van der Waals surface area contributed by atoms with E-state index in [9.17, 15) is 13.6 Å². The Labute approximate surface area is 190 Å². The average Bonchev–Trinajstić information content (AvgIpc) is 3.09. The summed E-state index contributed by atoms with van der Waals surface area (Å²) in [6.45, 7) is 0.104. The molecule has 0 bridgehead atoms. The Balaban J connectivity index is 1.46. The van der Waals surface area contributed by atoms with Gasteiger partial charge in [0.2, 0.25) is 0 Å². The molecule has 0 aromatic heterocycles. The number of hydrogen-bond donors (Lipinski definition) is 1. The quantitative estimate of drug-likeness (QED) is 0.424. The molecule has 1 aliphatic heterocycles. The van der Waals surface area contributed by atoms with Crippen LogP contribution in [0.2, 0.25) is 0 Å². The van der Waals surface area contributed by atoms with Crippen molar-refractivity contribution in [2.24, 2.45) is 4.99 Å². The lowest BCUT2D eigenvalue weighted by molar-refractivity contribution is -0.115. The van der Waals surface area contributed by atoms with Gasteiger partial charge in [0.05, 0.1) is 15.1 Å². The van der Waals surface area contributed by atoms with Gasteiger partial charge in [-0.05, 0) is 81.8 Å². The predicted molar refractivity (Wildman–Crippen MR) is 122 cm³/mol. The molecule has 0 saturated carbocycles. The van der Waals surface area contributed by atoms with E-state index in [-0.39, 0.29) is 24.1 Å². The van der Waals surface area contributed by atoms with Crippen LogP contribution in [0.15, 0.2) is 81.1 Å². The van der Waals surface area contributed by atoms with Gasteiger partial charge in [0, 0.05) is 5.56 Å². The van der Waals surface area contributed by atoms with E-state index >= 15 is 0 Å². The molecule has 0 unspecified atom stereocenters. The van der Waals surface area contributed by atoms with Gasteiger partial charge in [-0.1, -0.05) is 24.3 Å². The molecule has 0 radical (unpaired) electrons. The van der Waals surface area contributed by atoms with Crippen molar-refractivity contribution in [3.8, 4) is 5.75 Å². The SMILES string of the molecule is O=C1NC(=Nc2ccc(F)cc2)S/C1=C/c1ccc(OCc2ccccc2F)c(Br)c1. The third-order valence-electron chi connectivity index (χ3n) is 4.30. The summed E-state index contributed by atoms with van der Waals surface area (Å²) in [4.78, 5) is 17.1. The fourth-order valence-corrected chi connectivity index (χ4v) is 4.11. The summed E-state index contributed by atoms with van der Waals surface area (Å²) in [5.41, 5.74) is 1.79. The van der Waals surface area contributed by atoms with Gasteiger partial charge in [-0.25, -0.2) is 13.8 Å². The van der Waals surface area contributed by atoms with E-state index in [1.165, 1.54) is 42.1 Å². The van der Waals surface area contributed by atoms with Crippen LogP contribution in [-0.2, 0) is 11.4 Å². The molecule has 3 aromatic carbocycles. The molecule has 1 heterocycles. The zero-order valence-electron chi connectivity index (χ0n) is 15.9. The van der Waals surface area contributed by atoms with E-state index in [4.69, 9.17) is 4.74 Å². The summed E-state index contributed by atoms with van der Waals surface area (Å²) >= 11 is 4.66. The fraction of sp³-hybridized carbons (Fsp3) is 0.0435.